The van der Waals surface area contributed by atoms with Gasteiger partial charge in [0.2, 0.25) is 5.91 Å². The lowest BCUT2D eigenvalue weighted by Gasteiger charge is -2.17. The number of halogens is 1. The maximum atomic E-state index is 11.6. The SMILES string of the molecule is CN=C(NCC(=O)NCCOC)NCC(C)Oc1ccc(Cl)cc1. The molecule has 0 aliphatic rings. The second-order valence-electron chi connectivity index (χ2n) is 5.03. The Hall–Kier alpha value is -1.99. The fraction of sp³-hybridized carbons (Fsp3) is 0.500. The molecule has 7 nitrogen and oxygen atoms in total. The zero-order valence-electron chi connectivity index (χ0n) is 14.3. The molecule has 0 aliphatic carbocycles. The molecule has 0 saturated heterocycles. The molecule has 0 spiro atoms. The van der Waals surface area contributed by atoms with Crippen molar-refractivity contribution in [2.45, 2.75) is 13.0 Å². The molecule has 0 saturated carbocycles. The van der Waals surface area contributed by atoms with Crippen molar-refractivity contribution in [3.63, 3.8) is 0 Å². The number of carbonyl (C=O) groups excluding carboxylic acids is 1. The molecular formula is C16H25ClN4O3. The molecule has 0 fully saturated rings. The van der Waals surface area contributed by atoms with E-state index in [1.54, 1.807) is 26.3 Å². The first kappa shape index (κ1) is 20.1. The van der Waals surface area contributed by atoms with E-state index in [-0.39, 0.29) is 18.6 Å². The molecule has 0 aliphatic heterocycles. The first-order valence-electron chi connectivity index (χ1n) is 7.67. The zero-order valence-corrected chi connectivity index (χ0v) is 15.0. The van der Waals surface area contributed by atoms with Crippen LogP contribution in [0.2, 0.25) is 5.02 Å². The van der Waals surface area contributed by atoms with Crippen molar-refractivity contribution in [3.8, 4) is 5.75 Å². The number of rotatable bonds is 9. The summed E-state index contributed by atoms with van der Waals surface area (Å²) in [5, 5.41) is 9.43. The largest absolute Gasteiger partial charge is 0.489 e. The molecule has 3 N–H and O–H groups in total. The van der Waals surface area contributed by atoms with Gasteiger partial charge in [-0.05, 0) is 31.2 Å². The van der Waals surface area contributed by atoms with Crippen LogP contribution in [0.3, 0.4) is 0 Å². The summed E-state index contributed by atoms with van der Waals surface area (Å²) < 4.78 is 10.6. The Morgan fingerprint density at radius 3 is 2.58 bits per heavy atom. The number of hydrogen-bond acceptors (Lipinski definition) is 4. The monoisotopic (exact) mass is 356 g/mol. The van der Waals surface area contributed by atoms with Crippen LogP contribution in [0.5, 0.6) is 5.75 Å². The quantitative estimate of drug-likeness (QED) is 0.350. The minimum absolute atomic E-state index is 0.0831. The summed E-state index contributed by atoms with van der Waals surface area (Å²) in [6.45, 7) is 3.57. The van der Waals surface area contributed by atoms with E-state index in [0.717, 1.165) is 5.75 Å². The Morgan fingerprint density at radius 2 is 1.96 bits per heavy atom. The molecule has 1 aromatic carbocycles. The number of nitrogens with zero attached hydrogens (tertiary/aromatic N) is 1. The molecule has 0 aromatic heterocycles. The highest BCUT2D eigenvalue weighted by Gasteiger charge is 2.07. The van der Waals surface area contributed by atoms with Crippen LogP contribution < -0.4 is 20.7 Å². The third-order valence-corrected chi connectivity index (χ3v) is 3.23. The minimum atomic E-state index is -0.125. The van der Waals surface area contributed by atoms with Crippen LogP contribution >= 0.6 is 11.6 Å². The summed E-state index contributed by atoms with van der Waals surface area (Å²) in [7, 11) is 3.23. The number of aliphatic imine (C=N–C) groups is 1. The van der Waals surface area contributed by atoms with Gasteiger partial charge in [-0.2, -0.15) is 0 Å². The van der Waals surface area contributed by atoms with Gasteiger partial charge < -0.3 is 25.4 Å². The van der Waals surface area contributed by atoms with Gasteiger partial charge in [0.15, 0.2) is 5.96 Å². The fourth-order valence-corrected chi connectivity index (χ4v) is 1.89. The van der Waals surface area contributed by atoms with Gasteiger partial charge in [0.1, 0.15) is 11.9 Å². The highest BCUT2D eigenvalue weighted by Crippen LogP contribution is 2.16. The Bertz CT molecular complexity index is 523. The van der Waals surface area contributed by atoms with E-state index in [1.165, 1.54) is 0 Å². The third-order valence-electron chi connectivity index (χ3n) is 2.98. The first-order valence-corrected chi connectivity index (χ1v) is 8.05. The summed E-state index contributed by atoms with van der Waals surface area (Å²) in [6, 6.07) is 7.19. The van der Waals surface area contributed by atoms with Crippen molar-refractivity contribution in [2.75, 3.05) is 40.4 Å². The molecule has 1 atom stereocenters. The number of carbonyl (C=O) groups is 1. The van der Waals surface area contributed by atoms with E-state index in [1.807, 2.05) is 19.1 Å². The van der Waals surface area contributed by atoms with Crippen LogP contribution in [0.4, 0.5) is 0 Å². The molecular weight excluding hydrogens is 332 g/mol. The van der Waals surface area contributed by atoms with Gasteiger partial charge >= 0.3 is 0 Å². The van der Waals surface area contributed by atoms with Gasteiger partial charge in [-0.3, -0.25) is 9.79 Å². The lowest BCUT2D eigenvalue weighted by Crippen LogP contribution is -2.45. The number of ether oxygens (including phenoxy) is 2. The Balaban J connectivity index is 2.27. The molecule has 0 bridgehead atoms. The third kappa shape index (κ3) is 8.59. The summed E-state index contributed by atoms with van der Waals surface area (Å²) in [5.74, 6) is 1.15. The molecule has 1 aromatic rings. The Kier molecular flexibility index (Phi) is 9.64. The Morgan fingerprint density at radius 1 is 1.25 bits per heavy atom. The number of nitrogens with one attached hydrogen (secondary N) is 3. The average molecular weight is 357 g/mol. The molecule has 0 heterocycles. The zero-order chi connectivity index (χ0) is 17.8. The number of guanidine groups is 1. The van der Waals surface area contributed by atoms with Crippen LogP contribution in [-0.4, -0.2) is 58.4 Å². The first-order chi connectivity index (χ1) is 11.5. The van der Waals surface area contributed by atoms with Crippen molar-refractivity contribution in [3.05, 3.63) is 29.3 Å². The van der Waals surface area contributed by atoms with E-state index in [9.17, 15) is 4.79 Å². The van der Waals surface area contributed by atoms with Crippen LogP contribution in [0.15, 0.2) is 29.3 Å². The smallest absolute Gasteiger partial charge is 0.239 e. The summed E-state index contributed by atoms with van der Waals surface area (Å²) in [5.41, 5.74) is 0. The Labute approximate surface area is 147 Å². The molecule has 1 rings (SSSR count). The number of benzene rings is 1. The standard InChI is InChI=1S/C16H25ClN4O3/c1-12(24-14-6-4-13(17)5-7-14)10-20-16(18-2)21-11-15(22)19-8-9-23-3/h4-7,12H,8-11H2,1-3H3,(H,19,22)(H2,18,20,21). The van der Waals surface area contributed by atoms with Gasteiger partial charge in [-0.1, -0.05) is 11.6 Å². The van der Waals surface area contributed by atoms with E-state index < -0.39 is 0 Å². The average Bonchev–Trinajstić information content (AvgIpc) is 2.57. The van der Waals surface area contributed by atoms with Crippen LogP contribution in [-0.2, 0) is 9.53 Å². The van der Waals surface area contributed by atoms with E-state index in [4.69, 9.17) is 21.1 Å². The summed E-state index contributed by atoms with van der Waals surface area (Å²) >= 11 is 5.84. The predicted octanol–water partition coefficient (Wildman–Crippen LogP) is 1.03. The topological polar surface area (TPSA) is 84.0 Å². The van der Waals surface area contributed by atoms with Crippen molar-refractivity contribution < 1.29 is 14.3 Å². The van der Waals surface area contributed by atoms with E-state index in [2.05, 4.69) is 20.9 Å². The normalized spacial score (nSPS) is 12.4. The molecule has 24 heavy (non-hydrogen) atoms. The molecule has 134 valence electrons. The van der Waals surface area contributed by atoms with E-state index >= 15 is 0 Å². The lowest BCUT2D eigenvalue weighted by molar-refractivity contribution is -0.120. The van der Waals surface area contributed by atoms with Crippen molar-refractivity contribution >= 4 is 23.5 Å². The summed E-state index contributed by atoms with van der Waals surface area (Å²) in [6.07, 6.45) is -0.0831. The van der Waals surface area contributed by atoms with Crippen LogP contribution in [0.1, 0.15) is 6.92 Å². The molecule has 8 heteroatoms. The van der Waals surface area contributed by atoms with Crippen molar-refractivity contribution in [2.24, 2.45) is 4.99 Å². The van der Waals surface area contributed by atoms with Crippen molar-refractivity contribution in [1.29, 1.82) is 0 Å². The molecule has 0 radical (unpaired) electrons. The van der Waals surface area contributed by atoms with Gasteiger partial charge in [-0.15, -0.1) is 0 Å². The number of methoxy groups -OCH3 is 1. The van der Waals surface area contributed by atoms with Crippen LogP contribution in [0.25, 0.3) is 0 Å². The number of hydrogen-bond donors (Lipinski definition) is 3. The minimum Gasteiger partial charge on any atom is -0.489 e. The molecule has 1 amide bonds. The second kappa shape index (κ2) is 11.5. The maximum absolute atomic E-state index is 11.6. The highest BCUT2D eigenvalue weighted by molar-refractivity contribution is 6.30. The van der Waals surface area contributed by atoms with Gasteiger partial charge in [0, 0.05) is 25.7 Å². The second-order valence-corrected chi connectivity index (χ2v) is 5.47. The molecule has 1 unspecified atom stereocenters. The maximum Gasteiger partial charge on any atom is 0.239 e. The van der Waals surface area contributed by atoms with Crippen LogP contribution in [0, 0.1) is 0 Å². The predicted molar refractivity (Wildman–Crippen MR) is 95.8 cm³/mol. The number of amides is 1. The lowest BCUT2D eigenvalue weighted by atomic mass is 10.3. The van der Waals surface area contributed by atoms with Gasteiger partial charge in [0.05, 0.1) is 19.7 Å². The van der Waals surface area contributed by atoms with E-state index in [0.29, 0.717) is 30.7 Å². The van der Waals surface area contributed by atoms with Gasteiger partial charge in [0.25, 0.3) is 0 Å². The van der Waals surface area contributed by atoms with Crippen molar-refractivity contribution in [1.82, 2.24) is 16.0 Å². The fourth-order valence-electron chi connectivity index (χ4n) is 1.77. The summed E-state index contributed by atoms with van der Waals surface area (Å²) in [4.78, 5) is 15.7. The highest BCUT2D eigenvalue weighted by atomic mass is 35.5. The van der Waals surface area contributed by atoms with Gasteiger partial charge in [-0.25, -0.2) is 0 Å².